The Morgan fingerprint density at radius 3 is 2.68 bits per heavy atom. The lowest BCUT2D eigenvalue weighted by Gasteiger charge is -2.27. The van der Waals surface area contributed by atoms with Gasteiger partial charge in [-0.3, -0.25) is 4.79 Å². The van der Waals surface area contributed by atoms with Gasteiger partial charge in [-0.05, 0) is 56.5 Å². The number of rotatable bonds is 4. The Morgan fingerprint density at radius 1 is 1.21 bits per heavy atom. The quantitative estimate of drug-likeness (QED) is 0.835. The highest BCUT2D eigenvalue weighted by Gasteiger charge is 2.21. The van der Waals surface area contributed by atoms with Crippen molar-refractivity contribution in [3.63, 3.8) is 0 Å². The van der Waals surface area contributed by atoms with E-state index in [-0.39, 0.29) is 18.3 Å². The van der Waals surface area contributed by atoms with E-state index >= 15 is 0 Å². The van der Waals surface area contributed by atoms with E-state index in [1.807, 2.05) is 0 Å². The van der Waals surface area contributed by atoms with Crippen LogP contribution in [0.4, 0.5) is 0 Å². The summed E-state index contributed by atoms with van der Waals surface area (Å²) in [5, 5.41) is 6.53. The van der Waals surface area contributed by atoms with E-state index < -0.39 is 0 Å². The molecule has 0 spiro atoms. The summed E-state index contributed by atoms with van der Waals surface area (Å²) in [6, 6.07) is 0. The van der Waals surface area contributed by atoms with Crippen LogP contribution in [-0.2, 0) is 4.79 Å². The molecule has 19 heavy (non-hydrogen) atoms. The molecule has 112 valence electrons. The SMILES string of the molecule is CC1CCCC(CC(=O)NCC2CCCNC2)C1.Cl. The summed E-state index contributed by atoms with van der Waals surface area (Å²) in [5.41, 5.74) is 0. The van der Waals surface area contributed by atoms with Crippen LogP contribution in [0.3, 0.4) is 0 Å². The molecule has 1 aliphatic carbocycles. The van der Waals surface area contributed by atoms with Crippen LogP contribution in [0.15, 0.2) is 0 Å². The lowest BCUT2D eigenvalue weighted by Crippen LogP contribution is -2.38. The summed E-state index contributed by atoms with van der Waals surface area (Å²) in [7, 11) is 0. The van der Waals surface area contributed by atoms with Crippen molar-refractivity contribution in [1.29, 1.82) is 0 Å². The van der Waals surface area contributed by atoms with Crippen LogP contribution in [0.1, 0.15) is 51.9 Å². The topological polar surface area (TPSA) is 41.1 Å². The molecule has 3 nitrogen and oxygen atoms in total. The monoisotopic (exact) mass is 288 g/mol. The molecule has 0 aromatic rings. The van der Waals surface area contributed by atoms with E-state index in [1.54, 1.807) is 0 Å². The van der Waals surface area contributed by atoms with Crippen molar-refractivity contribution >= 4 is 18.3 Å². The molecule has 3 unspecified atom stereocenters. The van der Waals surface area contributed by atoms with Gasteiger partial charge in [0.1, 0.15) is 0 Å². The molecule has 2 N–H and O–H groups in total. The van der Waals surface area contributed by atoms with Crippen LogP contribution >= 0.6 is 12.4 Å². The van der Waals surface area contributed by atoms with Gasteiger partial charge >= 0.3 is 0 Å². The fraction of sp³-hybridized carbons (Fsp3) is 0.933. The highest BCUT2D eigenvalue weighted by Crippen LogP contribution is 2.30. The van der Waals surface area contributed by atoms with Crippen LogP contribution in [0.25, 0.3) is 0 Å². The summed E-state index contributed by atoms with van der Waals surface area (Å²) < 4.78 is 0. The molecular formula is C15H29ClN2O. The Kier molecular flexibility index (Phi) is 7.77. The first kappa shape index (κ1) is 16.8. The van der Waals surface area contributed by atoms with Gasteiger partial charge in [0.05, 0.1) is 0 Å². The minimum Gasteiger partial charge on any atom is -0.356 e. The second-order valence-corrected chi connectivity index (χ2v) is 6.36. The van der Waals surface area contributed by atoms with E-state index in [2.05, 4.69) is 17.6 Å². The molecule has 4 heteroatoms. The van der Waals surface area contributed by atoms with Crippen molar-refractivity contribution in [2.45, 2.75) is 51.9 Å². The van der Waals surface area contributed by atoms with Gasteiger partial charge in [-0.1, -0.05) is 19.8 Å². The number of amides is 1. The molecule has 1 heterocycles. The molecule has 3 atom stereocenters. The fourth-order valence-electron chi connectivity index (χ4n) is 3.44. The summed E-state index contributed by atoms with van der Waals surface area (Å²) in [6.45, 7) is 5.40. The lowest BCUT2D eigenvalue weighted by molar-refractivity contribution is -0.122. The largest absolute Gasteiger partial charge is 0.356 e. The van der Waals surface area contributed by atoms with Crippen LogP contribution in [0, 0.1) is 17.8 Å². The molecule has 1 saturated carbocycles. The van der Waals surface area contributed by atoms with Gasteiger partial charge in [-0.2, -0.15) is 0 Å². The van der Waals surface area contributed by atoms with Gasteiger partial charge in [0.25, 0.3) is 0 Å². The van der Waals surface area contributed by atoms with E-state index in [4.69, 9.17) is 0 Å². The maximum atomic E-state index is 11.9. The normalized spacial score (nSPS) is 31.3. The van der Waals surface area contributed by atoms with E-state index in [0.717, 1.165) is 32.0 Å². The maximum Gasteiger partial charge on any atom is 0.220 e. The highest BCUT2D eigenvalue weighted by atomic mass is 35.5. The molecule has 2 fully saturated rings. The Labute approximate surface area is 123 Å². The van der Waals surface area contributed by atoms with Crippen molar-refractivity contribution in [1.82, 2.24) is 10.6 Å². The Morgan fingerprint density at radius 2 is 2.00 bits per heavy atom. The fourth-order valence-corrected chi connectivity index (χ4v) is 3.44. The zero-order chi connectivity index (χ0) is 12.8. The highest BCUT2D eigenvalue weighted by molar-refractivity contribution is 5.85. The van der Waals surface area contributed by atoms with Crippen molar-refractivity contribution in [3.8, 4) is 0 Å². The Hall–Kier alpha value is -0.280. The van der Waals surface area contributed by atoms with Crippen molar-refractivity contribution < 1.29 is 4.79 Å². The summed E-state index contributed by atoms with van der Waals surface area (Å²) in [5.74, 6) is 2.38. The van der Waals surface area contributed by atoms with Crippen LogP contribution in [0.5, 0.6) is 0 Å². The van der Waals surface area contributed by atoms with E-state index in [1.165, 1.54) is 38.5 Å². The molecule has 1 saturated heterocycles. The molecule has 2 aliphatic rings. The third-order valence-electron chi connectivity index (χ3n) is 4.51. The number of halogens is 1. The third-order valence-corrected chi connectivity index (χ3v) is 4.51. The zero-order valence-electron chi connectivity index (χ0n) is 12.1. The van der Waals surface area contributed by atoms with Crippen molar-refractivity contribution in [2.24, 2.45) is 17.8 Å². The van der Waals surface area contributed by atoms with Crippen LogP contribution in [0.2, 0.25) is 0 Å². The van der Waals surface area contributed by atoms with Gasteiger partial charge < -0.3 is 10.6 Å². The van der Waals surface area contributed by atoms with Gasteiger partial charge in [0.15, 0.2) is 0 Å². The lowest BCUT2D eigenvalue weighted by atomic mass is 9.81. The summed E-state index contributed by atoms with van der Waals surface area (Å²) in [6.07, 6.45) is 8.43. The minimum absolute atomic E-state index is 0. The molecule has 0 aromatic carbocycles. The summed E-state index contributed by atoms with van der Waals surface area (Å²) in [4.78, 5) is 11.9. The first-order valence-corrected chi connectivity index (χ1v) is 7.71. The second kappa shape index (κ2) is 8.80. The first-order valence-electron chi connectivity index (χ1n) is 7.71. The summed E-state index contributed by atoms with van der Waals surface area (Å²) >= 11 is 0. The van der Waals surface area contributed by atoms with E-state index in [9.17, 15) is 4.79 Å². The van der Waals surface area contributed by atoms with E-state index in [0.29, 0.717) is 11.8 Å². The average molecular weight is 289 g/mol. The molecule has 0 radical (unpaired) electrons. The molecule has 0 bridgehead atoms. The predicted molar refractivity (Wildman–Crippen MR) is 81.6 cm³/mol. The van der Waals surface area contributed by atoms with Crippen molar-refractivity contribution in [3.05, 3.63) is 0 Å². The Bertz CT molecular complexity index is 267. The molecule has 2 rings (SSSR count). The van der Waals surface area contributed by atoms with Gasteiger partial charge in [-0.15, -0.1) is 12.4 Å². The number of carbonyl (C=O) groups is 1. The molecular weight excluding hydrogens is 260 g/mol. The van der Waals surface area contributed by atoms with Gasteiger partial charge in [-0.25, -0.2) is 0 Å². The number of nitrogens with one attached hydrogen (secondary N) is 2. The second-order valence-electron chi connectivity index (χ2n) is 6.36. The average Bonchev–Trinajstić information content (AvgIpc) is 2.38. The third kappa shape index (κ3) is 6.13. The standard InChI is InChI=1S/C15H28N2O.ClH/c1-12-4-2-5-13(8-12)9-15(18)17-11-14-6-3-7-16-10-14;/h12-14,16H,2-11H2,1H3,(H,17,18);1H. The Balaban J connectivity index is 0.00000180. The smallest absolute Gasteiger partial charge is 0.220 e. The van der Waals surface area contributed by atoms with Crippen LogP contribution in [-0.4, -0.2) is 25.5 Å². The number of hydrogen-bond acceptors (Lipinski definition) is 2. The number of piperidine rings is 1. The minimum atomic E-state index is 0. The number of hydrogen-bond donors (Lipinski definition) is 2. The maximum absolute atomic E-state index is 11.9. The molecule has 0 aromatic heterocycles. The number of carbonyl (C=O) groups excluding carboxylic acids is 1. The molecule has 1 amide bonds. The van der Waals surface area contributed by atoms with Gasteiger partial charge in [0.2, 0.25) is 5.91 Å². The molecule has 1 aliphatic heterocycles. The van der Waals surface area contributed by atoms with Crippen LogP contribution < -0.4 is 10.6 Å². The van der Waals surface area contributed by atoms with Gasteiger partial charge in [0, 0.05) is 13.0 Å². The predicted octanol–water partition coefficient (Wildman–Crippen LogP) is 2.74. The van der Waals surface area contributed by atoms with Crippen molar-refractivity contribution in [2.75, 3.05) is 19.6 Å². The zero-order valence-corrected chi connectivity index (χ0v) is 12.9. The first-order chi connectivity index (χ1) is 8.74.